The highest BCUT2D eigenvalue weighted by molar-refractivity contribution is 5.84. The second-order valence-electron chi connectivity index (χ2n) is 10.7. The Morgan fingerprint density at radius 3 is 2.11 bits per heavy atom. The van der Waals surface area contributed by atoms with Crippen molar-refractivity contribution in [2.75, 3.05) is 13.1 Å². The number of piperidine rings is 1. The van der Waals surface area contributed by atoms with E-state index in [-0.39, 0.29) is 40.0 Å². The maximum Gasteiger partial charge on any atom is 0.416 e. The van der Waals surface area contributed by atoms with E-state index in [1.165, 1.54) is 18.2 Å². The zero-order chi connectivity index (χ0) is 28.0. The van der Waals surface area contributed by atoms with Gasteiger partial charge in [-0.1, -0.05) is 19.9 Å². The van der Waals surface area contributed by atoms with Crippen LogP contribution >= 0.6 is 0 Å². The molecule has 4 rings (SSSR count). The number of hydrogen-bond acceptors (Lipinski definition) is 3. The Labute approximate surface area is 217 Å². The van der Waals surface area contributed by atoms with Gasteiger partial charge in [0, 0.05) is 25.0 Å². The van der Waals surface area contributed by atoms with Crippen LogP contribution in [-0.2, 0) is 18.9 Å². The largest absolute Gasteiger partial charge is 0.416 e. The summed E-state index contributed by atoms with van der Waals surface area (Å²) in [6, 6.07) is 6.06. The first-order valence-electron chi connectivity index (χ1n) is 12.7. The third-order valence-corrected chi connectivity index (χ3v) is 7.14. The van der Waals surface area contributed by atoms with Gasteiger partial charge in [-0.25, -0.2) is 4.98 Å². The standard InChI is InChI=1S/C28H31F6N3O/c1-16(2)25-35-24-8-7-19(20-10-21(27(29,30)31)13-22(11-20)28(32,33)34)12-23(24)26(38)37(25)15-18-6-5-9-36(14-18)17(3)4/h7-8,10-13,16-18H,5-6,9,14-15H2,1-4H3/t18-/m0/s1. The Kier molecular flexibility index (Phi) is 7.67. The summed E-state index contributed by atoms with van der Waals surface area (Å²) in [5.41, 5.74) is -2.98. The van der Waals surface area contributed by atoms with Crippen molar-refractivity contribution in [2.45, 2.75) is 71.4 Å². The molecule has 10 heteroatoms. The highest BCUT2D eigenvalue weighted by atomic mass is 19.4. The van der Waals surface area contributed by atoms with E-state index in [0.29, 0.717) is 36.1 Å². The van der Waals surface area contributed by atoms with E-state index >= 15 is 0 Å². The molecule has 2 heterocycles. The van der Waals surface area contributed by atoms with Gasteiger partial charge >= 0.3 is 12.4 Å². The van der Waals surface area contributed by atoms with Crippen LogP contribution in [-0.4, -0.2) is 33.6 Å². The van der Waals surface area contributed by atoms with Crippen LogP contribution in [0.1, 0.15) is 63.4 Å². The zero-order valence-corrected chi connectivity index (χ0v) is 21.7. The predicted octanol–water partition coefficient (Wildman–Crippen LogP) is 7.34. The fraction of sp³-hybridized carbons (Fsp3) is 0.500. The lowest BCUT2D eigenvalue weighted by molar-refractivity contribution is -0.143. The SMILES string of the molecule is CC(C)c1nc2ccc(-c3cc(C(F)(F)F)cc(C(F)(F)F)c3)cc2c(=O)n1C[C@H]1CCCN(C(C)C)C1. The first-order valence-corrected chi connectivity index (χ1v) is 12.7. The van der Waals surface area contributed by atoms with Gasteiger partial charge in [0.2, 0.25) is 0 Å². The molecule has 3 aromatic rings. The normalized spacial score (nSPS) is 17.6. The molecule has 0 unspecified atom stereocenters. The molecule has 1 aromatic heterocycles. The average Bonchev–Trinajstić information content (AvgIpc) is 2.84. The molecule has 4 nitrogen and oxygen atoms in total. The number of likely N-dealkylation sites (tertiary alicyclic amines) is 1. The van der Waals surface area contributed by atoms with Crippen molar-refractivity contribution in [3.05, 3.63) is 63.7 Å². The van der Waals surface area contributed by atoms with Crippen molar-refractivity contribution in [2.24, 2.45) is 5.92 Å². The molecule has 1 fully saturated rings. The summed E-state index contributed by atoms with van der Waals surface area (Å²) in [5, 5.41) is 0.161. The lowest BCUT2D eigenvalue weighted by atomic mass is 9.96. The van der Waals surface area contributed by atoms with Crippen LogP contribution in [0.15, 0.2) is 41.2 Å². The molecule has 1 atom stereocenters. The van der Waals surface area contributed by atoms with Gasteiger partial charge in [-0.3, -0.25) is 9.36 Å². The molecule has 0 amide bonds. The number of hydrogen-bond donors (Lipinski definition) is 0. The molecule has 1 saturated heterocycles. The molecule has 0 bridgehead atoms. The molecular formula is C28H31F6N3O. The summed E-state index contributed by atoms with van der Waals surface area (Å²) in [5.74, 6) is 0.770. The summed E-state index contributed by atoms with van der Waals surface area (Å²) in [6.07, 6.45) is -7.96. The number of aromatic nitrogens is 2. The fourth-order valence-electron chi connectivity index (χ4n) is 5.13. The van der Waals surface area contributed by atoms with Crippen molar-refractivity contribution in [1.29, 1.82) is 0 Å². The predicted molar refractivity (Wildman–Crippen MR) is 135 cm³/mol. The van der Waals surface area contributed by atoms with Crippen molar-refractivity contribution in [1.82, 2.24) is 14.5 Å². The minimum Gasteiger partial charge on any atom is -0.301 e. The van der Waals surface area contributed by atoms with Gasteiger partial charge in [-0.2, -0.15) is 26.3 Å². The second-order valence-corrected chi connectivity index (χ2v) is 10.7. The van der Waals surface area contributed by atoms with E-state index in [4.69, 9.17) is 4.98 Å². The van der Waals surface area contributed by atoms with Crippen LogP contribution in [0.2, 0.25) is 0 Å². The fourth-order valence-corrected chi connectivity index (χ4v) is 5.13. The first-order chi connectivity index (χ1) is 17.6. The lowest BCUT2D eigenvalue weighted by Gasteiger charge is -2.36. The van der Waals surface area contributed by atoms with Gasteiger partial charge in [0.1, 0.15) is 5.82 Å². The number of fused-ring (bicyclic) bond motifs is 1. The number of alkyl halides is 6. The molecule has 0 aliphatic carbocycles. The molecular weight excluding hydrogens is 508 g/mol. The van der Waals surface area contributed by atoms with Gasteiger partial charge in [-0.05, 0) is 80.6 Å². The Balaban J connectivity index is 1.83. The van der Waals surface area contributed by atoms with E-state index in [9.17, 15) is 31.1 Å². The Morgan fingerprint density at radius 1 is 0.921 bits per heavy atom. The monoisotopic (exact) mass is 539 g/mol. The summed E-state index contributed by atoms with van der Waals surface area (Å²) >= 11 is 0. The third kappa shape index (κ3) is 5.90. The molecule has 1 aliphatic heterocycles. The quantitative estimate of drug-likeness (QED) is 0.318. The summed E-state index contributed by atoms with van der Waals surface area (Å²) in [7, 11) is 0. The van der Waals surface area contributed by atoms with Crippen molar-refractivity contribution in [3.63, 3.8) is 0 Å². The van der Waals surface area contributed by atoms with E-state index in [2.05, 4.69) is 18.7 Å². The molecule has 0 spiro atoms. The van der Waals surface area contributed by atoms with Crippen LogP contribution in [0.3, 0.4) is 0 Å². The van der Waals surface area contributed by atoms with Crippen molar-refractivity contribution in [3.8, 4) is 11.1 Å². The molecule has 38 heavy (non-hydrogen) atoms. The smallest absolute Gasteiger partial charge is 0.301 e. The van der Waals surface area contributed by atoms with Crippen LogP contribution in [0.4, 0.5) is 26.3 Å². The zero-order valence-electron chi connectivity index (χ0n) is 21.7. The van der Waals surface area contributed by atoms with Gasteiger partial charge in [0.05, 0.1) is 22.0 Å². The van der Waals surface area contributed by atoms with Gasteiger partial charge in [-0.15, -0.1) is 0 Å². The minimum absolute atomic E-state index is 0.0608. The number of nitrogens with zero attached hydrogens (tertiary/aromatic N) is 3. The second kappa shape index (κ2) is 10.4. The lowest BCUT2D eigenvalue weighted by Crippen LogP contribution is -2.42. The van der Waals surface area contributed by atoms with Gasteiger partial charge < -0.3 is 4.90 Å². The Morgan fingerprint density at radius 2 is 1.55 bits per heavy atom. The average molecular weight is 540 g/mol. The topological polar surface area (TPSA) is 38.1 Å². The molecule has 0 radical (unpaired) electrons. The van der Waals surface area contributed by atoms with Crippen LogP contribution in [0, 0.1) is 5.92 Å². The van der Waals surface area contributed by atoms with Crippen LogP contribution in [0.25, 0.3) is 22.0 Å². The first kappa shape index (κ1) is 28.1. The molecule has 2 aromatic carbocycles. The van der Waals surface area contributed by atoms with Gasteiger partial charge in [0.25, 0.3) is 5.56 Å². The van der Waals surface area contributed by atoms with Crippen molar-refractivity contribution < 1.29 is 26.3 Å². The number of benzene rings is 2. The third-order valence-electron chi connectivity index (χ3n) is 7.14. The van der Waals surface area contributed by atoms with Crippen molar-refractivity contribution >= 4 is 10.9 Å². The summed E-state index contributed by atoms with van der Waals surface area (Å²) in [6.45, 7) is 10.4. The van der Waals surface area contributed by atoms with E-state index in [1.807, 2.05) is 13.8 Å². The molecule has 0 N–H and O–H groups in total. The summed E-state index contributed by atoms with van der Waals surface area (Å²) in [4.78, 5) is 20.8. The van der Waals surface area contributed by atoms with Crippen LogP contribution < -0.4 is 5.56 Å². The van der Waals surface area contributed by atoms with E-state index < -0.39 is 23.5 Å². The molecule has 1 aliphatic rings. The Hall–Kier alpha value is -2.88. The Bertz CT molecular complexity index is 1340. The van der Waals surface area contributed by atoms with E-state index in [0.717, 1.165) is 25.9 Å². The summed E-state index contributed by atoms with van der Waals surface area (Å²) < 4.78 is 82.1. The van der Waals surface area contributed by atoms with Gasteiger partial charge in [0.15, 0.2) is 0 Å². The maximum absolute atomic E-state index is 13.7. The maximum atomic E-state index is 13.7. The number of rotatable bonds is 5. The van der Waals surface area contributed by atoms with Crippen LogP contribution in [0.5, 0.6) is 0 Å². The highest BCUT2D eigenvalue weighted by Crippen LogP contribution is 2.39. The number of halogens is 6. The highest BCUT2D eigenvalue weighted by Gasteiger charge is 2.37. The molecule has 0 saturated carbocycles. The van der Waals surface area contributed by atoms with E-state index in [1.54, 1.807) is 4.57 Å². The minimum atomic E-state index is -4.96. The molecule has 206 valence electrons.